The van der Waals surface area contributed by atoms with Crippen molar-refractivity contribution < 1.29 is 4.79 Å². The molecule has 0 atom stereocenters. The van der Waals surface area contributed by atoms with Gasteiger partial charge in [0, 0.05) is 37.6 Å². The number of piperidine rings is 1. The number of thioether (sulfide) groups is 1. The molecule has 0 unspecified atom stereocenters. The van der Waals surface area contributed by atoms with Crippen molar-refractivity contribution in [3.63, 3.8) is 0 Å². The lowest BCUT2D eigenvalue weighted by atomic mass is 10.0. The predicted molar refractivity (Wildman–Crippen MR) is 152 cm³/mol. The van der Waals surface area contributed by atoms with Gasteiger partial charge < -0.3 is 9.88 Å². The predicted octanol–water partition coefficient (Wildman–Crippen LogP) is 4.90. The Labute approximate surface area is 226 Å². The smallest absolute Gasteiger partial charge is 0.230 e. The van der Waals surface area contributed by atoms with Crippen molar-refractivity contribution in [2.24, 2.45) is 0 Å². The number of hydrogen-bond acceptors (Lipinski definition) is 6. The summed E-state index contributed by atoms with van der Waals surface area (Å²) in [4.78, 5) is 20.0. The van der Waals surface area contributed by atoms with Crippen molar-refractivity contribution in [2.75, 3.05) is 18.8 Å². The molecule has 3 heterocycles. The number of fused-ring (bicyclic) bond motifs is 3. The largest absolute Gasteiger partial charge is 0.353 e. The number of carbonyl (C=O) groups excluding carboxylic acids is 1. The normalized spacial score (nSPS) is 14.7. The van der Waals surface area contributed by atoms with Gasteiger partial charge >= 0.3 is 0 Å². The van der Waals surface area contributed by atoms with Gasteiger partial charge in [-0.25, -0.2) is 4.98 Å². The van der Waals surface area contributed by atoms with Gasteiger partial charge in [0.25, 0.3) is 0 Å². The third-order valence-electron chi connectivity index (χ3n) is 7.07. The third-order valence-corrected chi connectivity index (χ3v) is 7.91. The van der Waals surface area contributed by atoms with Crippen LogP contribution in [0.5, 0.6) is 0 Å². The third kappa shape index (κ3) is 5.56. The van der Waals surface area contributed by atoms with E-state index in [9.17, 15) is 4.79 Å². The Morgan fingerprint density at radius 1 is 0.842 bits per heavy atom. The molecule has 5 aromatic rings. The number of hydrogen-bond donors (Lipinski definition) is 1. The average Bonchev–Trinajstić information content (AvgIpc) is 3.27. The number of nitrogens with one attached hydrogen (secondary N) is 1. The van der Waals surface area contributed by atoms with E-state index in [1.807, 2.05) is 36.4 Å². The van der Waals surface area contributed by atoms with Gasteiger partial charge in [0.1, 0.15) is 5.52 Å². The molecule has 1 amide bonds. The first-order chi connectivity index (χ1) is 18.7. The Morgan fingerprint density at radius 3 is 2.24 bits per heavy atom. The molecular weight excluding hydrogens is 492 g/mol. The molecule has 8 heteroatoms. The molecule has 7 nitrogen and oxygen atoms in total. The summed E-state index contributed by atoms with van der Waals surface area (Å²) in [6, 6.07) is 29.3. The number of carbonyl (C=O) groups is 1. The summed E-state index contributed by atoms with van der Waals surface area (Å²) in [5.41, 5.74) is 5.18. The molecule has 6 rings (SSSR count). The molecular formula is C30H30N6OS. The van der Waals surface area contributed by atoms with Crippen LogP contribution in [0.3, 0.4) is 0 Å². The number of para-hydroxylation sites is 1. The monoisotopic (exact) mass is 522 g/mol. The van der Waals surface area contributed by atoms with Crippen molar-refractivity contribution in [1.29, 1.82) is 0 Å². The molecule has 1 N–H and O–H groups in total. The zero-order valence-electron chi connectivity index (χ0n) is 21.2. The van der Waals surface area contributed by atoms with E-state index in [1.54, 1.807) is 0 Å². The van der Waals surface area contributed by atoms with E-state index < -0.39 is 0 Å². The highest BCUT2D eigenvalue weighted by atomic mass is 32.2. The van der Waals surface area contributed by atoms with E-state index in [0.29, 0.717) is 11.7 Å². The lowest BCUT2D eigenvalue weighted by molar-refractivity contribution is -0.119. The van der Waals surface area contributed by atoms with Crippen LogP contribution in [-0.4, -0.2) is 55.4 Å². The summed E-state index contributed by atoms with van der Waals surface area (Å²) in [5.74, 6) is 0.293. The van der Waals surface area contributed by atoms with Crippen molar-refractivity contribution >= 4 is 39.7 Å². The lowest BCUT2D eigenvalue weighted by Crippen LogP contribution is -2.44. The maximum Gasteiger partial charge on any atom is 0.230 e. The van der Waals surface area contributed by atoms with Gasteiger partial charge in [-0.3, -0.25) is 9.69 Å². The molecule has 1 fully saturated rings. The summed E-state index contributed by atoms with van der Waals surface area (Å²) >= 11 is 1.34. The standard InChI is InChI=1S/C30H30N6OS/c37-27(31-24-15-17-35(18-16-24)19-22-9-3-1-4-10-22)21-38-30-32-29-28(33-34-30)25-13-7-8-14-26(25)36(29)20-23-11-5-2-6-12-23/h1-14,24H,15-21H2,(H,31,37). The van der Waals surface area contributed by atoms with Crippen LogP contribution < -0.4 is 5.32 Å². The molecule has 0 radical (unpaired) electrons. The fourth-order valence-electron chi connectivity index (χ4n) is 5.15. The highest BCUT2D eigenvalue weighted by Crippen LogP contribution is 2.28. The first kappa shape index (κ1) is 24.6. The van der Waals surface area contributed by atoms with Gasteiger partial charge in [-0.2, -0.15) is 0 Å². The van der Waals surface area contributed by atoms with Crippen LogP contribution in [0, 0.1) is 0 Å². The van der Waals surface area contributed by atoms with Crippen LogP contribution in [0.4, 0.5) is 0 Å². The minimum absolute atomic E-state index is 0.0186. The average molecular weight is 523 g/mol. The Morgan fingerprint density at radius 2 is 1.50 bits per heavy atom. The molecule has 38 heavy (non-hydrogen) atoms. The van der Waals surface area contributed by atoms with E-state index in [4.69, 9.17) is 4.98 Å². The second-order valence-corrected chi connectivity index (χ2v) is 10.7. The lowest BCUT2D eigenvalue weighted by Gasteiger charge is -2.32. The van der Waals surface area contributed by atoms with Crippen molar-refractivity contribution in [2.45, 2.75) is 37.1 Å². The number of rotatable bonds is 8. The Hall–Kier alpha value is -3.75. The van der Waals surface area contributed by atoms with Crippen LogP contribution in [0.2, 0.25) is 0 Å². The maximum atomic E-state index is 12.7. The number of aromatic nitrogens is 4. The van der Waals surface area contributed by atoms with Crippen molar-refractivity contribution in [3.8, 4) is 0 Å². The van der Waals surface area contributed by atoms with Gasteiger partial charge in [-0.1, -0.05) is 90.6 Å². The van der Waals surface area contributed by atoms with E-state index in [2.05, 4.69) is 73.5 Å². The van der Waals surface area contributed by atoms with E-state index in [1.165, 1.54) is 22.9 Å². The summed E-state index contributed by atoms with van der Waals surface area (Å²) in [6.45, 7) is 3.63. The zero-order valence-corrected chi connectivity index (χ0v) is 22.0. The van der Waals surface area contributed by atoms with E-state index in [-0.39, 0.29) is 17.7 Å². The first-order valence-corrected chi connectivity index (χ1v) is 14.1. The Kier molecular flexibility index (Phi) is 7.33. The molecule has 1 aliphatic rings. The molecule has 0 bridgehead atoms. The quantitative estimate of drug-likeness (QED) is 0.292. The highest BCUT2D eigenvalue weighted by molar-refractivity contribution is 7.99. The fraction of sp³-hybridized carbons (Fsp3) is 0.267. The number of amides is 1. The molecule has 1 aliphatic heterocycles. The summed E-state index contributed by atoms with van der Waals surface area (Å²) < 4.78 is 2.18. The first-order valence-electron chi connectivity index (χ1n) is 13.1. The molecule has 192 valence electrons. The van der Waals surface area contributed by atoms with E-state index in [0.717, 1.165) is 54.5 Å². The Balaban J connectivity index is 1.09. The summed E-state index contributed by atoms with van der Waals surface area (Å²) in [6.07, 6.45) is 1.93. The second kappa shape index (κ2) is 11.3. The van der Waals surface area contributed by atoms with Gasteiger partial charge in [0.05, 0.1) is 11.3 Å². The summed E-state index contributed by atoms with van der Waals surface area (Å²) in [5, 5.41) is 13.6. The van der Waals surface area contributed by atoms with Gasteiger partial charge in [0.2, 0.25) is 11.1 Å². The van der Waals surface area contributed by atoms with Crippen molar-refractivity contribution in [1.82, 2.24) is 30.0 Å². The SMILES string of the molecule is O=C(CSc1nnc2c3ccccc3n(Cc3ccccc3)c2n1)NC1CCN(Cc2ccccc2)CC1. The number of nitrogens with zero attached hydrogens (tertiary/aromatic N) is 5. The van der Waals surface area contributed by atoms with Crippen LogP contribution in [-0.2, 0) is 17.9 Å². The van der Waals surface area contributed by atoms with Gasteiger partial charge in [0.15, 0.2) is 5.65 Å². The number of likely N-dealkylation sites (tertiary alicyclic amines) is 1. The molecule has 1 saturated heterocycles. The topological polar surface area (TPSA) is 75.9 Å². The highest BCUT2D eigenvalue weighted by Gasteiger charge is 2.21. The Bertz CT molecular complexity index is 1530. The molecule has 2 aromatic heterocycles. The molecule has 0 aliphatic carbocycles. The van der Waals surface area contributed by atoms with Crippen LogP contribution >= 0.6 is 11.8 Å². The van der Waals surface area contributed by atoms with Gasteiger partial charge in [-0.05, 0) is 30.0 Å². The summed E-state index contributed by atoms with van der Waals surface area (Å²) in [7, 11) is 0. The molecule has 0 spiro atoms. The van der Waals surface area contributed by atoms with Crippen LogP contribution in [0.15, 0.2) is 90.1 Å². The van der Waals surface area contributed by atoms with Crippen LogP contribution in [0.1, 0.15) is 24.0 Å². The van der Waals surface area contributed by atoms with E-state index >= 15 is 0 Å². The van der Waals surface area contributed by atoms with Crippen LogP contribution in [0.25, 0.3) is 22.1 Å². The maximum absolute atomic E-state index is 12.7. The second-order valence-electron chi connectivity index (χ2n) is 9.75. The minimum Gasteiger partial charge on any atom is -0.353 e. The van der Waals surface area contributed by atoms with Gasteiger partial charge in [-0.15, -0.1) is 10.2 Å². The fourth-order valence-corrected chi connectivity index (χ4v) is 5.75. The minimum atomic E-state index is 0.0186. The molecule has 0 saturated carbocycles. The van der Waals surface area contributed by atoms with Crippen molar-refractivity contribution in [3.05, 3.63) is 96.1 Å². The zero-order chi connectivity index (χ0) is 25.7. The molecule has 3 aromatic carbocycles. The number of benzene rings is 3.